The molecule has 41 heavy (non-hydrogen) atoms. The molecule has 8 nitrogen and oxygen atoms in total. The van der Waals surface area contributed by atoms with E-state index in [1.807, 2.05) is 6.92 Å². The van der Waals surface area contributed by atoms with E-state index in [4.69, 9.17) is 4.74 Å². The summed E-state index contributed by atoms with van der Waals surface area (Å²) in [7, 11) is -4.31. The Morgan fingerprint density at radius 2 is 1.46 bits per heavy atom. The summed E-state index contributed by atoms with van der Waals surface area (Å²) in [5.74, 6) is -1.59. The highest BCUT2D eigenvalue weighted by atomic mass is 32.2. The number of benzene rings is 3. The third-order valence-corrected chi connectivity index (χ3v) is 8.11. The monoisotopic (exact) mass is 587 g/mol. The number of nitrogens with one attached hydrogen (secondary N) is 1. The average molecular weight is 588 g/mol. The molecule has 1 N–H and O–H groups in total. The van der Waals surface area contributed by atoms with Crippen LogP contribution in [0, 0.1) is 11.6 Å². The van der Waals surface area contributed by atoms with E-state index in [2.05, 4.69) is 5.32 Å². The molecule has 1 atom stereocenters. The molecule has 0 unspecified atom stereocenters. The lowest BCUT2D eigenvalue weighted by Crippen LogP contribution is -2.52. The molecule has 11 heteroatoms. The normalized spacial score (nSPS) is 11.9. The van der Waals surface area contributed by atoms with Gasteiger partial charge in [0.1, 0.15) is 30.0 Å². The van der Waals surface area contributed by atoms with Crippen molar-refractivity contribution in [3.63, 3.8) is 0 Å². The lowest BCUT2D eigenvalue weighted by Gasteiger charge is -2.33. The van der Waals surface area contributed by atoms with E-state index in [-0.39, 0.29) is 29.5 Å². The lowest BCUT2D eigenvalue weighted by atomic mass is 10.1. The van der Waals surface area contributed by atoms with Crippen molar-refractivity contribution >= 4 is 27.5 Å². The average Bonchev–Trinajstić information content (AvgIpc) is 2.96. The fourth-order valence-corrected chi connectivity index (χ4v) is 5.62. The molecular formula is C30H35F2N3O5S. The molecular weight excluding hydrogens is 552 g/mol. The summed E-state index contributed by atoms with van der Waals surface area (Å²) < 4.78 is 61.3. The van der Waals surface area contributed by atoms with Crippen LogP contribution in [-0.2, 0) is 26.2 Å². The van der Waals surface area contributed by atoms with E-state index in [9.17, 15) is 26.8 Å². The molecule has 0 spiro atoms. The molecule has 0 radical (unpaired) electrons. The minimum Gasteiger partial charge on any atom is -0.494 e. The minimum absolute atomic E-state index is 0.0580. The van der Waals surface area contributed by atoms with Crippen molar-refractivity contribution < 1.29 is 31.5 Å². The number of sulfonamides is 1. The number of hydrogen-bond acceptors (Lipinski definition) is 5. The number of nitrogens with zero attached hydrogens (tertiary/aromatic N) is 2. The van der Waals surface area contributed by atoms with E-state index in [0.29, 0.717) is 30.9 Å². The summed E-state index contributed by atoms with van der Waals surface area (Å²) in [4.78, 5) is 28.2. The first kappa shape index (κ1) is 31.5. The summed E-state index contributed by atoms with van der Waals surface area (Å²) in [5, 5.41) is 2.80. The second kappa shape index (κ2) is 14.6. The van der Waals surface area contributed by atoms with Crippen molar-refractivity contribution in [1.29, 1.82) is 0 Å². The van der Waals surface area contributed by atoms with Gasteiger partial charge < -0.3 is 15.0 Å². The predicted octanol–water partition coefficient (Wildman–Crippen LogP) is 4.89. The van der Waals surface area contributed by atoms with Crippen LogP contribution in [0.4, 0.5) is 14.5 Å². The Hall–Kier alpha value is -3.99. The highest BCUT2D eigenvalue weighted by molar-refractivity contribution is 7.92. The SMILES string of the molecule is CCCNC(=O)[C@@H](CC)N(Cc1ccc(F)cc1)C(=O)CN(c1ccc(F)cc1)S(=O)(=O)c1ccc(OCC)cc1. The fourth-order valence-electron chi connectivity index (χ4n) is 4.21. The number of anilines is 1. The first-order chi connectivity index (χ1) is 19.6. The third kappa shape index (κ3) is 8.26. The molecule has 3 aromatic carbocycles. The Morgan fingerprint density at radius 1 is 0.878 bits per heavy atom. The van der Waals surface area contributed by atoms with Gasteiger partial charge in [-0.3, -0.25) is 13.9 Å². The molecule has 0 aliphatic carbocycles. The number of hydrogen-bond donors (Lipinski definition) is 1. The first-order valence-electron chi connectivity index (χ1n) is 13.4. The second-order valence-electron chi connectivity index (χ2n) is 9.26. The van der Waals surface area contributed by atoms with Crippen LogP contribution in [0.25, 0.3) is 0 Å². The van der Waals surface area contributed by atoms with Crippen molar-refractivity contribution in [2.24, 2.45) is 0 Å². The standard InChI is InChI=1S/C30H35F2N3O5S/c1-4-19-33-30(37)28(5-2)34(20-22-7-9-23(31)10-8-22)29(36)21-35(25-13-11-24(32)12-14-25)41(38,39)27-17-15-26(16-18-27)40-6-3/h7-18,28H,4-6,19-21H2,1-3H3,(H,33,37)/t28-/m1/s1. The van der Waals surface area contributed by atoms with Crippen LogP contribution in [0.1, 0.15) is 39.2 Å². The predicted molar refractivity (Wildman–Crippen MR) is 153 cm³/mol. The van der Waals surface area contributed by atoms with Crippen LogP contribution in [0.3, 0.4) is 0 Å². The van der Waals surface area contributed by atoms with Crippen molar-refractivity contribution in [1.82, 2.24) is 10.2 Å². The van der Waals surface area contributed by atoms with Crippen LogP contribution < -0.4 is 14.4 Å². The molecule has 220 valence electrons. The fraction of sp³-hybridized carbons (Fsp3) is 0.333. The van der Waals surface area contributed by atoms with Gasteiger partial charge in [-0.05, 0) is 86.0 Å². The summed E-state index contributed by atoms with van der Waals surface area (Å²) in [6.07, 6.45) is 0.942. The minimum atomic E-state index is -4.31. The van der Waals surface area contributed by atoms with Crippen LogP contribution in [0.5, 0.6) is 5.75 Å². The molecule has 3 rings (SSSR count). The summed E-state index contributed by atoms with van der Waals surface area (Å²) in [5.41, 5.74) is 0.628. The Bertz CT molecular complexity index is 1400. The Kier molecular flexibility index (Phi) is 11.2. The lowest BCUT2D eigenvalue weighted by molar-refractivity contribution is -0.140. The van der Waals surface area contributed by atoms with E-state index in [1.165, 1.54) is 65.6 Å². The second-order valence-corrected chi connectivity index (χ2v) is 11.1. The van der Waals surface area contributed by atoms with Gasteiger partial charge in [0.05, 0.1) is 17.2 Å². The maximum absolute atomic E-state index is 13.9. The zero-order chi connectivity index (χ0) is 30.0. The highest BCUT2D eigenvalue weighted by Gasteiger charge is 2.33. The molecule has 0 saturated carbocycles. The number of carbonyl (C=O) groups excluding carboxylic acids is 2. The number of amides is 2. The first-order valence-corrected chi connectivity index (χ1v) is 14.9. The number of carbonyl (C=O) groups is 2. The maximum atomic E-state index is 13.9. The Labute approximate surface area is 240 Å². The largest absolute Gasteiger partial charge is 0.494 e. The van der Waals surface area contributed by atoms with Crippen LogP contribution >= 0.6 is 0 Å². The molecule has 0 heterocycles. The van der Waals surface area contributed by atoms with Gasteiger partial charge in [-0.1, -0.05) is 26.0 Å². The number of rotatable bonds is 14. The van der Waals surface area contributed by atoms with Gasteiger partial charge in [0.25, 0.3) is 10.0 Å². The molecule has 0 aromatic heterocycles. The van der Waals surface area contributed by atoms with Crippen LogP contribution in [0.2, 0.25) is 0 Å². The maximum Gasteiger partial charge on any atom is 0.264 e. The van der Waals surface area contributed by atoms with Gasteiger partial charge in [-0.25, -0.2) is 17.2 Å². The number of ether oxygens (including phenoxy) is 1. The molecule has 0 fully saturated rings. The smallest absolute Gasteiger partial charge is 0.264 e. The van der Waals surface area contributed by atoms with Crippen molar-refractivity contribution in [2.45, 2.75) is 51.1 Å². The van der Waals surface area contributed by atoms with E-state index in [1.54, 1.807) is 13.8 Å². The van der Waals surface area contributed by atoms with E-state index in [0.717, 1.165) is 16.4 Å². The van der Waals surface area contributed by atoms with Gasteiger partial charge in [-0.2, -0.15) is 0 Å². The summed E-state index contributed by atoms with van der Waals surface area (Å²) in [6.45, 7) is 5.52. The van der Waals surface area contributed by atoms with E-state index >= 15 is 0 Å². The summed E-state index contributed by atoms with van der Waals surface area (Å²) >= 11 is 0. The third-order valence-electron chi connectivity index (χ3n) is 6.32. The number of halogens is 2. The van der Waals surface area contributed by atoms with Gasteiger partial charge in [0.15, 0.2) is 0 Å². The van der Waals surface area contributed by atoms with E-state index < -0.39 is 40.2 Å². The molecule has 0 bridgehead atoms. The van der Waals surface area contributed by atoms with Crippen molar-refractivity contribution in [3.8, 4) is 5.75 Å². The molecule has 0 saturated heterocycles. The zero-order valence-corrected chi connectivity index (χ0v) is 24.2. The molecule has 0 aliphatic heterocycles. The molecule has 0 aliphatic rings. The highest BCUT2D eigenvalue weighted by Crippen LogP contribution is 2.26. The topological polar surface area (TPSA) is 96.0 Å². The summed E-state index contributed by atoms with van der Waals surface area (Å²) in [6, 6.07) is 15.1. The zero-order valence-electron chi connectivity index (χ0n) is 23.3. The van der Waals surface area contributed by atoms with Gasteiger partial charge in [0.2, 0.25) is 11.8 Å². The Morgan fingerprint density at radius 3 is 2.00 bits per heavy atom. The quantitative estimate of drug-likeness (QED) is 0.290. The molecule has 2 amide bonds. The van der Waals surface area contributed by atoms with Gasteiger partial charge in [0, 0.05) is 13.1 Å². The molecule has 3 aromatic rings. The van der Waals surface area contributed by atoms with Crippen LogP contribution in [0.15, 0.2) is 77.7 Å². The van der Waals surface area contributed by atoms with Gasteiger partial charge >= 0.3 is 0 Å². The van der Waals surface area contributed by atoms with Crippen molar-refractivity contribution in [3.05, 3.63) is 90.0 Å². The van der Waals surface area contributed by atoms with Gasteiger partial charge in [-0.15, -0.1) is 0 Å². The van der Waals surface area contributed by atoms with Crippen LogP contribution in [-0.4, -0.2) is 50.9 Å². The Balaban J connectivity index is 2.03. The van der Waals surface area contributed by atoms with Crippen molar-refractivity contribution in [2.75, 3.05) is 24.0 Å².